The van der Waals surface area contributed by atoms with Crippen LogP contribution in [0.25, 0.3) is 0 Å². The fourth-order valence-electron chi connectivity index (χ4n) is 4.62. The smallest absolute Gasteiger partial charge is 0.260 e. The van der Waals surface area contributed by atoms with Crippen LogP contribution in [0.4, 0.5) is 4.39 Å². The number of benzene rings is 1. The summed E-state index contributed by atoms with van der Waals surface area (Å²) in [5.41, 5.74) is -1.14. The molecule has 24 heavy (non-hydrogen) atoms. The number of likely N-dealkylation sites (tertiary alicyclic amines) is 2. The van der Waals surface area contributed by atoms with E-state index in [9.17, 15) is 14.0 Å². The van der Waals surface area contributed by atoms with Gasteiger partial charge in [0.1, 0.15) is 0 Å². The molecule has 0 bridgehead atoms. The van der Waals surface area contributed by atoms with Crippen molar-refractivity contribution >= 4 is 11.8 Å². The molecule has 1 aromatic rings. The van der Waals surface area contributed by atoms with Crippen LogP contribution in [0.5, 0.6) is 0 Å². The van der Waals surface area contributed by atoms with Gasteiger partial charge >= 0.3 is 0 Å². The van der Waals surface area contributed by atoms with Crippen LogP contribution >= 0.6 is 0 Å². The van der Waals surface area contributed by atoms with Crippen LogP contribution in [0.3, 0.4) is 0 Å². The van der Waals surface area contributed by atoms with Gasteiger partial charge in [-0.3, -0.25) is 9.59 Å². The maximum absolute atomic E-state index is 14.5. The first-order valence-electron chi connectivity index (χ1n) is 8.75. The number of likely N-dealkylation sites (N-methyl/N-ethyl adjacent to an activating group) is 1. The van der Waals surface area contributed by atoms with Crippen molar-refractivity contribution in [3.05, 3.63) is 35.9 Å². The first-order chi connectivity index (χ1) is 11.5. The highest BCUT2D eigenvalue weighted by atomic mass is 19.1. The van der Waals surface area contributed by atoms with Gasteiger partial charge in [-0.1, -0.05) is 30.3 Å². The molecule has 2 saturated heterocycles. The van der Waals surface area contributed by atoms with Crippen molar-refractivity contribution in [1.29, 1.82) is 0 Å². The second kappa shape index (κ2) is 5.30. The van der Waals surface area contributed by atoms with Crippen LogP contribution in [-0.4, -0.2) is 54.0 Å². The van der Waals surface area contributed by atoms with Crippen LogP contribution in [-0.2, 0) is 9.59 Å². The van der Waals surface area contributed by atoms with Crippen LogP contribution in [0, 0.1) is 5.41 Å². The quantitative estimate of drug-likeness (QED) is 0.835. The van der Waals surface area contributed by atoms with Crippen molar-refractivity contribution in [2.45, 2.75) is 37.3 Å². The fraction of sp³-hybridized carbons (Fsp3) is 0.579. The Balaban J connectivity index is 1.63. The summed E-state index contributed by atoms with van der Waals surface area (Å²) in [7, 11) is 1.82. The number of amides is 2. The number of carbonyl (C=O) groups is 2. The topological polar surface area (TPSA) is 40.6 Å². The van der Waals surface area contributed by atoms with E-state index < -0.39 is 17.0 Å². The zero-order valence-electron chi connectivity index (χ0n) is 14.0. The molecule has 3 fully saturated rings. The molecule has 2 aliphatic heterocycles. The molecule has 5 heteroatoms. The zero-order valence-corrected chi connectivity index (χ0v) is 14.0. The van der Waals surface area contributed by atoms with E-state index >= 15 is 0 Å². The molecule has 128 valence electrons. The Kier molecular flexibility index (Phi) is 3.44. The minimum atomic E-state index is -1.68. The second-order valence-corrected chi connectivity index (χ2v) is 7.60. The molecule has 1 saturated carbocycles. The predicted octanol–water partition coefficient (Wildman–Crippen LogP) is 2.35. The molecule has 1 aromatic carbocycles. The fourth-order valence-corrected chi connectivity index (χ4v) is 4.62. The molecule has 2 heterocycles. The minimum absolute atomic E-state index is 0.0611. The molecule has 2 amide bonds. The van der Waals surface area contributed by atoms with Gasteiger partial charge in [0.05, 0.1) is 5.41 Å². The lowest BCUT2D eigenvalue weighted by Gasteiger charge is -2.36. The monoisotopic (exact) mass is 330 g/mol. The SMILES string of the molecule is CN1C[C@@H](c2ccccc2)[C@]2(CCN(C(=O)C3(F)CCC3)C2)C1=O. The molecular formula is C19H23FN2O2. The normalized spacial score (nSPS) is 31.6. The zero-order chi connectivity index (χ0) is 16.9. The maximum Gasteiger partial charge on any atom is 0.260 e. The summed E-state index contributed by atoms with van der Waals surface area (Å²) in [6.07, 6.45) is 2.05. The van der Waals surface area contributed by atoms with E-state index in [1.54, 1.807) is 9.80 Å². The molecular weight excluding hydrogens is 307 g/mol. The highest BCUT2D eigenvalue weighted by Gasteiger charge is 2.59. The van der Waals surface area contributed by atoms with E-state index in [0.717, 1.165) is 12.0 Å². The number of nitrogens with zero attached hydrogens (tertiary/aromatic N) is 2. The number of carbonyl (C=O) groups excluding carboxylic acids is 2. The third-order valence-corrected chi connectivity index (χ3v) is 6.22. The molecule has 1 aliphatic carbocycles. The predicted molar refractivity (Wildman–Crippen MR) is 88.1 cm³/mol. The third kappa shape index (κ3) is 2.10. The Morgan fingerprint density at radius 1 is 1.21 bits per heavy atom. The Morgan fingerprint density at radius 2 is 1.92 bits per heavy atom. The summed E-state index contributed by atoms with van der Waals surface area (Å²) in [5.74, 6) is -0.251. The summed E-state index contributed by atoms with van der Waals surface area (Å²) in [6, 6.07) is 10.0. The molecule has 2 atom stereocenters. The highest BCUT2D eigenvalue weighted by Crippen LogP contribution is 2.50. The van der Waals surface area contributed by atoms with E-state index in [-0.39, 0.29) is 11.8 Å². The number of hydrogen-bond donors (Lipinski definition) is 0. The summed E-state index contributed by atoms with van der Waals surface area (Å²) in [4.78, 5) is 28.8. The second-order valence-electron chi connectivity index (χ2n) is 7.60. The van der Waals surface area contributed by atoms with Gasteiger partial charge in [0, 0.05) is 32.6 Å². The van der Waals surface area contributed by atoms with E-state index in [1.807, 2.05) is 37.4 Å². The van der Waals surface area contributed by atoms with Crippen molar-refractivity contribution in [2.24, 2.45) is 5.41 Å². The van der Waals surface area contributed by atoms with Crippen LogP contribution in [0.1, 0.15) is 37.2 Å². The van der Waals surface area contributed by atoms with Crippen molar-refractivity contribution in [1.82, 2.24) is 9.80 Å². The Morgan fingerprint density at radius 3 is 2.54 bits per heavy atom. The lowest BCUT2D eigenvalue weighted by atomic mass is 9.73. The van der Waals surface area contributed by atoms with E-state index in [4.69, 9.17) is 0 Å². The Hall–Kier alpha value is -1.91. The Bertz CT molecular complexity index is 673. The first kappa shape index (κ1) is 15.6. The number of hydrogen-bond acceptors (Lipinski definition) is 2. The van der Waals surface area contributed by atoms with Gasteiger partial charge in [0.25, 0.3) is 5.91 Å². The number of alkyl halides is 1. The molecule has 0 N–H and O–H groups in total. The van der Waals surface area contributed by atoms with Gasteiger partial charge in [-0.2, -0.15) is 0 Å². The standard InChI is InChI=1S/C19H23FN2O2/c1-21-12-15(14-6-3-2-4-7-14)18(16(21)23)10-11-22(13-18)17(24)19(20)8-5-9-19/h2-4,6-7,15H,5,8-13H2,1H3/t15-,18+/m0/s1. The minimum Gasteiger partial charge on any atom is -0.345 e. The Labute approximate surface area is 141 Å². The van der Waals surface area contributed by atoms with Crippen molar-refractivity contribution in [3.63, 3.8) is 0 Å². The number of rotatable bonds is 2. The number of halogens is 1. The lowest BCUT2D eigenvalue weighted by Crippen LogP contribution is -2.50. The van der Waals surface area contributed by atoms with Gasteiger partial charge in [-0.25, -0.2) is 4.39 Å². The third-order valence-electron chi connectivity index (χ3n) is 6.22. The first-order valence-corrected chi connectivity index (χ1v) is 8.75. The largest absolute Gasteiger partial charge is 0.345 e. The molecule has 4 nitrogen and oxygen atoms in total. The maximum atomic E-state index is 14.5. The van der Waals surface area contributed by atoms with Crippen LogP contribution < -0.4 is 0 Å². The van der Waals surface area contributed by atoms with E-state index in [2.05, 4.69) is 0 Å². The lowest BCUT2D eigenvalue weighted by molar-refractivity contribution is -0.149. The highest BCUT2D eigenvalue weighted by molar-refractivity contribution is 5.91. The average molecular weight is 330 g/mol. The van der Waals surface area contributed by atoms with Gasteiger partial charge in [-0.05, 0) is 31.2 Å². The molecule has 1 spiro atoms. The van der Waals surface area contributed by atoms with Gasteiger partial charge in [-0.15, -0.1) is 0 Å². The molecule has 3 aliphatic rings. The summed E-state index contributed by atoms with van der Waals surface area (Å²) in [5, 5.41) is 0. The van der Waals surface area contributed by atoms with Gasteiger partial charge in [0.15, 0.2) is 5.67 Å². The van der Waals surface area contributed by atoms with E-state index in [0.29, 0.717) is 38.9 Å². The van der Waals surface area contributed by atoms with Crippen molar-refractivity contribution in [2.75, 3.05) is 26.7 Å². The van der Waals surface area contributed by atoms with Crippen molar-refractivity contribution < 1.29 is 14.0 Å². The van der Waals surface area contributed by atoms with Crippen LogP contribution in [0.15, 0.2) is 30.3 Å². The molecule has 0 unspecified atom stereocenters. The van der Waals surface area contributed by atoms with Gasteiger partial charge < -0.3 is 9.80 Å². The molecule has 4 rings (SSSR count). The molecule has 0 radical (unpaired) electrons. The van der Waals surface area contributed by atoms with Crippen molar-refractivity contribution in [3.8, 4) is 0 Å². The summed E-state index contributed by atoms with van der Waals surface area (Å²) in [6.45, 7) is 1.49. The average Bonchev–Trinajstić information content (AvgIpc) is 3.11. The van der Waals surface area contributed by atoms with Gasteiger partial charge in [0.2, 0.25) is 5.91 Å². The summed E-state index contributed by atoms with van der Waals surface area (Å²) >= 11 is 0. The molecule has 0 aromatic heterocycles. The van der Waals surface area contributed by atoms with Crippen LogP contribution in [0.2, 0.25) is 0 Å². The summed E-state index contributed by atoms with van der Waals surface area (Å²) < 4.78 is 14.5. The van der Waals surface area contributed by atoms with E-state index in [1.165, 1.54) is 0 Å².